The quantitative estimate of drug-likeness (QED) is 0.583. The molecule has 6 nitrogen and oxygen atoms in total. The van der Waals surface area contributed by atoms with E-state index in [4.69, 9.17) is 18.3 Å². The lowest BCUT2D eigenvalue weighted by Gasteiger charge is -2.20. The van der Waals surface area contributed by atoms with E-state index in [2.05, 4.69) is 0 Å². The van der Waals surface area contributed by atoms with Crippen LogP contribution in [0.15, 0.2) is 69.9 Å². The fraction of sp³-hybridized carbons (Fsp3) is 0.250. The molecule has 2 aromatic heterocycles. The van der Waals surface area contributed by atoms with Gasteiger partial charge < -0.3 is 23.2 Å². The summed E-state index contributed by atoms with van der Waals surface area (Å²) in [7, 11) is 0. The summed E-state index contributed by atoms with van der Waals surface area (Å²) in [6, 6.07) is 14.4. The first-order chi connectivity index (χ1) is 12.7. The summed E-state index contributed by atoms with van der Waals surface area (Å²) in [6.45, 7) is 3.15. The van der Waals surface area contributed by atoms with Crippen molar-refractivity contribution in [1.29, 1.82) is 0 Å². The maximum Gasteiger partial charge on any atom is 0.261 e. The molecule has 0 bridgehead atoms. The molecule has 0 spiro atoms. The van der Waals surface area contributed by atoms with Gasteiger partial charge in [-0.3, -0.25) is 4.79 Å². The molecule has 26 heavy (non-hydrogen) atoms. The Labute approximate surface area is 151 Å². The van der Waals surface area contributed by atoms with Crippen LogP contribution in [0, 0.1) is 0 Å². The third kappa shape index (κ3) is 4.92. The molecule has 1 amide bonds. The van der Waals surface area contributed by atoms with Gasteiger partial charge in [0.2, 0.25) is 0 Å². The molecule has 0 unspecified atom stereocenters. The third-order valence-corrected chi connectivity index (χ3v) is 3.70. The van der Waals surface area contributed by atoms with Crippen molar-refractivity contribution in [3.05, 3.63) is 72.6 Å². The van der Waals surface area contributed by atoms with E-state index < -0.39 is 0 Å². The number of benzene rings is 1. The van der Waals surface area contributed by atoms with Crippen molar-refractivity contribution in [2.24, 2.45) is 0 Å². The van der Waals surface area contributed by atoms with Crippen LogP contribution in [0.2, 0.25) is 0 Å². The highest BCUT2D eigenvalue weighted by Crippen LogP contribution is 2.18. The van der Waals surface area contributed by atoms with Crippen LogP contribution in [-0.4, -0.2) is 24.0 Å². The molecule has 0 N–H and O–H groups in total. The number of carbonyl (C=O) groups is 1. The van der Waals surface area contributed by atoms with E-state index in [1.807, 2.05) is 31.2 Å². The van der Waals surface area contributed by atoms with Gasteiger partial charge in [-0.15, -0.1) is 0 Å². The SMILES string of the molecule is CCOc1ccc(OCC(=O)N(Cc2ccco2)Cc2ccco2)cc1. The van der Waals surface area contributed by atoms with Crippen molar-refractivity contribution in [1.82, 2.24) is 4.90 Å². The number of rotatable bonds is 9. The maximum atomic E-state index is 12.6. The zero-order chi connectivity index (χ0) is 18.2. The number of furan rings is 2. The Morgan fingerprint density at radius 3 is 1.88 bits per heavy atom. The molecular weight excluding hydrogens is 334 g/mol. The minimum Gasteiger partial charge on any atom is -0.494 e. The van der Waals surface area contributed by atoms with E-state index >= 15 is 0 Å². The predicted octanol–water partition coefficient (Wildman–Crippen LogP) is 3.88. The second kappa shape index (κ2) is 8.80. The third-order valence-electron chi connectivity index (χ3n) is 3.70. The van der Waals surface area contributed by atoms with Gasteiger partial charge >= 0.3 is 0 Å². The highest BCUT2D eigenvalue weighted by molar-refractivity contribution is 5.77. The largest absolute Gasteiger partial charge is 0.494 e. The molecule has 136 valence electrons. The first kappa shape index (κ1) is 17.7. The van der Waals surface area contributed by atoms with Gasteiger partial charge in [0.05, 0.1) is 32.2 Å². The minimum absolute atomic E-state index is 0.0740. The lowest BCUT2D eigenvalue weighted by atomic mass is 10.3. The van der Waals surface area contributed by atoms with Crippen molar-refractivity contribution < 1.29 is 23.1 Å². The van der Waals surface area contributed by atoms with Crippen molar-refractivity contribution in [2.45, 2.75) is 20.0 Å². The van der Waals surface area contributed by atoms with Gasteiger partial charge in [-0.25, -0.2) is 0 Å². The molecule has 0 aliphatic rings. The van der Waals surface area contributed by atoms with E-state index in [1.165, 1.54) is 0 Å². The van der Waals surface area contributed by atoms with E-state index in [1.54, 1.807) is 41.7 Å². The first-order valence-corrected chi connectivity index (χ1v) is 8.43. The van der Waals surface area contributed by atoms with Gasteiger partial charge in [-0.05, 0) is 55.5 Å². The summed E-state index contributed by atoms with van der Waals surface area (Å²) < 4.78 is 21.7. The Kier molecular flexibility index (Phi) is 5.98. The standard InChI is InChI=1S/C20H21NO5/c1-2-23-16-7-9-17(10-8-16)26-15-20(22)21(13-18-5-3-11-24-18)14-19-6-4-12-25-19/h3-12H,2,13-15H2,1H3. The van der Waals surface area contributed by atoms with Crippen LogP contribution in [0.3, 0.4) is 0 Å². The maximum absolute atomic E-state index is 12.6. The zero-order valence-electron chi connectivity index (χ0n) is 14.6. The van der Waals surface area contributed by atoms with Gasteiger partial charge in [-0.2, -0.15) is 0 Å². The number of hydrogen-bond acceptors (Lipinski definition) is 5. The van der Waals surface area contributed by atoms with E-state index in [-0.39, 0.29) is 12.5 Å². The fourth-order valence-corrected chi connectivity index (χ4v) is 2.45. The summed E-state index contributed by atoms with van der Waals surface area (Å²) in [4.78, 5) is 14.3. The molecular formula is C20H21NO5. The average molecular weight is 355 g/mol. The molecule has 0 fully saturated rings. The average Bonchev–Trinajstić information content (AvgIpc) is 3.35. The van der Waals surface area contributed by atoms with Crippen molar-refractivity contribution in [2.75, 3.05) is 13.2 Å². The molecule has 0 aliphatic heterocycles. The zero-order valence-corrected chi connectivity index (χ0v) is 14.6. The van der Waals surface area contributed by atoms with Gasteiger partial charge in [0, 0.05) is 0 Å². The normalized spacial score (nSPS) is 10.5. The smallest absolute Gasteiger partial charge is 0.261 e. The van der Waals surface area contributed by atoms with Gasteiger partial charge in [0.25, 0.3) is 5.91 Å². The minimum atomic E-state index is -0.160. The highest BCUT2D eigenvalue weighted by atomic mass is 16.5. The Hall–Kier alpha value is -3.15. The van der Waals surface area contributed by atoms with Gasteiger partial charge in [-0.1, -0.05) is 0 Å². The van der Waals surface area contributed by atoms with Crippen LogP contribution in [0.5, 0.6) is 11.5 Å². The second-order valence-corrected chi connectivity index (χ2v) is 5.60. The lowest BCUT2D eigenvalue weighted by molar-refractivity contribution is -0.135. The number of carbonyl (C=O) groups excluding carboxylic acids is 1. The molecule has 1 aromatic carbocycles. The Morgan fingerprint density at radius 2 is 1.42 bits per heavy atom. The summed E-state index contributed by atoms with van der Waals surface area (Å²) in [6.07, 6.45) is 3.17. The predicted molar refractivity (Wildman–Crippen MR) is 94.8 cm³/mol. The van der Waals surface area contributed by atoms with Crippen molar-refractivity contribution in [3.8, 4) is 11.5 Å². The topological polar surface area (TPSA) is 65.1 Å². The summed E-state index contributed by atoms with van der Waals surface area (Å²) >= 11 is 0. The molecule has 3 rings (SSSR count). The van der Waals surface area contributed by atoms with Crippen LogP contribution in [0.25, 0.3) is 0 Å². The lowest BCUT2D eigenvalue weighted by Crippen LogP contribution is -2.33. The Bertz CT molecular complexity index is 742. The Balaban J connectivity index is 1.60. The number of nitrogens with zero attached hydrogens (tertiary/aromatic N) is 1. The van der Waals surface area contributed by atoms with Crippen LogP contribution in [-0.2, 0) is 17.9 Å². The molecule has 0 aliphatic carbocycles. The van der Waals surface area contributed by atoms with E-state index in [0.29, 0.717) is 37.0 Å². The van der Waals surface area contributed by atoms with Crippen LogP contribution >= 0.6 is 0 Å². The summed E-state index contributed by atoms with van der Waals surface area (Å²) in [5, 5.41) is 0. The van der Waals surface area contributed by atoms with Crippen LogP contribution in [0.4, 0.5) is 0 Å². The molecule has 0 saturated carbocycles. The number of ether oxygens (including phenoxy) is 2. The van der Waals surface area contributed by atoms with Crippen LogP contribution in [0.1, 0.15) is 18.4 Å². The molecule has 0 saturated heterocycles. The second-order valence-electron chi connectivity index (χ2n) is 5.60. The van der Waals surface area contributed by atoms with E-state index in [0.717, 1.165) is 5.75 Å². The first-order valence-electron chi connectivity index (χ1n) is 8.43. The summed E-state index contributed by atoms with van der Waals surface area (Å²) in [5.41, 5.74) is 0. The molecule has 3 aromatic rings. The van der Waals surface area contributed by atoms with Gasteiger partial charge in [0.15, 0.2) is 6.61 Å². The fourth-order valence-electron chi connectivity index (χ4n) is 2.45. The molecule has 2 heterocycles. The number of hydrogen-bond donors (Lipinski definition) is 0. The van der Waals surface area contributed by atoms with Crippen LogP contribution < -0.4 is 9.47 Å². The number of amides is 1. The Morgan fingerprint density at radius 1 is 0.885 bits per heavy atom. The molecule has 0 atom stereocenters. The monoisotopic (exact) mass is 355 g/mol. The van der Waals surface area contributed by atoms with Crippen molar-refractivity contribution >= 4 is 5.91 Å². The molecule has 6 heteroatoms. The van der Waals surface area contributed by atoms with Gasteiger partial charge in [0.1, 0.15) is 23.0 Å². The van der Waals surface area contributed by atoms with E-state index in [9.17, 15) is 4.79 Å². The highest BCUT2D eigenvalue weighted by Gasteiger charge is 2.18. The molecule has 0 radical (unpaired) electrons. The van der Waals surface area contributed by atoms with Crippen molar-refractivity contribution in [3.63, 3.8) is 0 Å². The summed E-state index contributed by atoms with van der Waals surface area (Å²) in [5.74, 6) is 2.62.